The molecule has 170 valence electrons. The third-order valence-corrected chi connectivity index (χ3v) is 6.88. The summed E-state index contributed by atoms with van der Waals surface area (Å²) in [5.74, 6) is 2.70. The molecule has 0 bridgehead atoms. The van der Waals surface area contributed by atoms with Crippen LogP contribution in [0.25, 0.3) is 11.5 Å². The van der Waals surface area contributed by atoms with Crippen LogP contribution in [-0.2, 0) is 21.3 Å². The third kappa shape index (κ3) is 7.28. The van der Waals surface area contributed by atoms with Crippen molar-refractivity contribution in [2.24, 2.45) is 11.8 Å². The molecular formula is C24H35N3O3S. The Morgan fingerprint density at radius 3 is 2.55 bits per heavy atom. The Hall–Kier alpha value is -1.99. The van der Waals surface area contributed by atoms with E-state index in [-0.39, 0.29) is 17.4 Å². The predicted octanol–water partition coefficient (Wildman–Crippen LogP) is 3.69. The van der Waals surface area contributed by atoms with Crippen LogP contribution in [0, 0.1) is 25.7 Å². The monoisotopic (exact) mass is 445 g/mol. The molecule has 1 aliphatic heterocycles. The van der Waals surface area contributed by atoms with Gasteiger partial charge in [0.1, 0.15) is 11.5 Å². The lowest BCUT2D eigenvalue weighted by Crippen LogP contribution is -2.40. The van der Waals surface area contributed by atoms with Crippen molar-refractivity contribution in [3.8, 4) is 11.5 Å². The second-order valence-corrected chi connectivity index (χ2v) is 10.5. The second kappa shape index (κ2) is 11.0. The molecule has 1 amide bonds. The summed E-state index contributed by atoms with van der Waals surface area (Å²) in [6.07, 6.45) is 2.22. The number of amides is 1. The van der Waals surface area contributed by atoms with E-state index in [1.165, 1.54) is 12.0 Å². The Labute approximate surface area is 188 Å². The quantitative estimate of drug-likeness (QED) is 0.596. The maximum atomic E-state index is 12.5. The van der Waals surface area contributed by atoms with E-state index in [9.17, 15) is 9.00 Å². The highest BCUT2D eigenvalue weighted by Crippen LogP contribution is 2.23. The van der Waals surface area contributed by atoms with Crippen LogP contribution in [0.4, 0.5) is 0 Å². The smallest absolute Gasteiger partial charge is 0.232 e. The number of hydrogen-bond donors (Lipinski definition) is 1. The number of nitrogens with one attached hydrogen (secondary N) is 1. The molecule has 7 heteroatoms. The van der Waals surface area contributed by atoms with Crippen molar-refractivity contribution in [3.63, 3.8) is 0 Å². The van der Waals surface area contributed by atoms with Gasteiger partial charge in [-0.25, -0.2) is 4.98 Å². The summed E-state index contributed by atoms with van der Waals surface area (Å²) in [6, 6.07) is 7.92. The summed E-state index contributed by atoms with van der Waals surface area (Å²) >= 11 is 0. The van der Waals surface area contributed by atoms with E-state index in [2.05, 4.69) is 29.0 Å². The highest BCUT2D eigenvalue weighted by molar-refractivity contribution is 7.84. The molecule has 3 rings (SSSR count). The van der Waals surface area contributed by atoms with Crippen molar-refractivity contribution in [2.75, 3.05) is 31.9 Å². The molecule has 1 N–H and O–H groups in total. The van der Waals surface area contributed by atoms with Crippen LogP contribution in [0.5, 0.6) is 0 Å². The minimum atomic E-state index is -1.32. The van der Waals surface area contributed by atoms with Gasteiger partial charge in [0.05, 0.1) is 11.4 Å². The summed E-state index contributed by atoms with van der Waals surface area (Å²) < 4.78 is 18.2. The fraction of sp³-hybridized carbons (Fsp3) is 0.583. The van der Waals surface area contributed by atoms with Gasteiger partial charge < -0.3 is 14.6 Å². The molecule has 1 aromatic heterocycles. The van der Waals surface area contributed by atoms with Gasteiger partial charge in [0, 0.05) is 36.0 Å². The van der Waals surface area contributed by atoms with Gasteiger partial charge in [0.25, 0.3) is 0 Å². The molecule has 1 aliphatic rings. The normalized spacial score (nSPS) is 20.5. The van der Waals surface area contributed by atoms with Gasteiger partial charge in [-0.3, -0.25) is 9.00 Å². The molecule has 0 saturated carbocycles. The number of carbonyl (C=O) groups excluding carboxylic acids is 1. The number of carbonyl (C=O) groups is 1. The highest BCUT2D eigenvalue weighted by atomic mass is 32.2. The van der Waals surface area contributed by atoms with E-state index in [0.717, 1.165) is 43.5 Å². The summed E-state index contributed by atoms with van der Waals surface area (Å²) in [7, 11) is -1.32. The lowest BCUT2D eigenvalue weighted by molar-refractivity contribution is -0.118. The highest BCUT2D eigenvalue weighted by Gasteiger charge is 2.21. The van der Waals surface area contributed by atoms with Gasteiger partial charge >= 0.3 is 0 Å². The Kier molecular flexibility index (Phi) is 8.43. The molecule has 6 nitrogen and oxygen atoms in total. The lowest BCUT2D eigenvalue weighted by Gasteiger charge is -2.34. The Balaban J connectivity index is 1.40. The molecule has 0 aliphatic carbocycles. The van der Waals surface area contributed by atoms with E-state index in [1.807, 2.05) is 38.1 Å². The van der Waals surface area contributed by atoms with Crippen LogP contribution < -0.4 is 5.32 Å². The van der Waals surface area contributed by atoms with Crippen molar-refractivity contribution in [1.82, 2.24) is 15.2 Å². The van der Waals surface area contributed by atoms with Crippen LogP contribution in [0.1, 0.15) is 43.7 Å². The number of oxazole rings is 1. The minimum Gasteiger partial charge on any atom is -0.441 e. The maximum absolute atomic E-state index is 12.5. The summed E-state index contributed by atoms with van der Waals surface area (Å²) in [4.78, 5) is 19.2. The number of hydrogen-bond acceptors (Lipinski definition) is 5. The molecule has 1 saturated heterocycles. The van der Waals surface area contributed by atoms with Crippen LogP contribution in [0.2, 0.25) is 0 Å². The average molecular weight is 446 g/mol. The summed E-state index contributed by atoms with van der Waals surface area (Å²) in [5, 5.41) is 2.91. The van der Waals surface area contributed by atoms with Crippen molar-refractivity contribution in [3.05, 3.63) is 41.3 Å². The van der Waals surface area contributed by atoms with Crippen molar-refractivity contribution < 1.29 is 13.4 Å². The Morgan fingerprint density at radius 1 is 1.19 bits per heavy atom. The molecule has 0 unspecified atom stereocenters. The second-order valence-electron chi connectivity index (χ2n) is 9.03. The number of benzene rings is 1. The first-order valence-corrected chi connectivity index (χ1v) is 12.7. The zero-order valence-electron chi connectivity index (χ0n) is 19.1. The number of rotatable bonds is 9. The molecule has 1 aromatic carbocycles. The van der Waals surface area contributed by atoms with E-state index >= 15 is 0 Å². The number of likely N-dealkylation sites (tertiary alicyclic amines) is 1. The van der Waals surface area contributed by atoms with Gasteiger partial charge in [-0.1, -0.05) is 31.5 Å². The van der Waals surface area contributed by atoms with Crippen molar-refractivity contribution in [1.29, 1.82) is 0 Å². The molecule has 31 heavy (non-hydrogen) atoms. The standard InChI is InChI=1S/C24H35N3O3S/c1-17-6-8-21(9-7-17)24-26-22(20(4)30-24)15-31(29)16-23(28)25-10-5-11-27-13-18(2)12-19(3)14-27/h6-9,18-19H,5,10-16H2,1-4H3,(H,25,28)/t18-,19+,31-/m0/s1. The average Bonchev–Trinajstić information content (AvgIpc) is 3.05. The third-order valence-electron chi connectivity index (χ3n) is 5.70. The molecular weight excluding hydrogens is 410 g/mol. The minimum absolute atomic E-state index is 0.00997. The molecule has 2 aromatic rings. The van der Waals surface area contributed by atoms with Crippen LogP contribution in [0.15, 0.2) is 28.7 Å². The fourth-order valence-corrected chi connectivity index (χ4v) is 5.36. The molecule has 1 fully saturated rings. The van der Waals surface area contributed by atoms with Gasteiger partial charge in [0.2, 0.25) is 11.8 Å². The van der Waals surface area contributed by atoms with E-state index in [4.69, 9.17) is 4.42 Å². The van der Waals surface area contributed by atoms with Crippen molar-refractivity contribution >= 4 is 16.7 Å². The van der Waals surface area contributed by atoms with E-state index < -0.39 is 10.8 Å². The Morgan fingerprint density at radius 2 is 1.87 bits per heavy atom. The number of piperidine rings is 1. The zero-order chi connectivity index (χ0) is 22.4. The Bertz CT molecular complexity index is 884. The predicted molar refractivity (Wildman–Crippen MR) is 125 cm³/mol. The van der Waals surface area contributed by atoms with Crippen LogP contribution >= 0.6 is 0 Å². The van der Waals surface area contributed by atoms with Gasteiger partial charge in [-0.15, -0.1) is 0 Å². The van der Waals surface area contributed by atoms with E-state index in [0.29, 0.717) is 23.9 Å². The largest absolute Gasteiger partial charge is 0.441 e. The number of aryl methyl sites for hydroxylation is 2. The van der Waals surface area contributed by atoms with Crippen LogP contribution in [-0.4, -0.2) is 51.9 Å². The first kappa shape index (κ1) is 23.7. The van der Waals surface area contributed by atoms with Gasteiger partial charge in [-0.05, 0) is 57.2 Å². The van der Waals surface area contributed by atoms with Gasteiger partial charge in [0.15, 0.2) is 0 Å². The fourth-order valence-electron chi connectivity index (χ4n) is 4.29. The number of nitrogens with zero attached hydrogens (tertiary/aromatic N) is 2. The zero-order valence-corrected chi connectivity index (χ0v) is 20.0. The lowest BCUT2D eigenvalue weighted by atomic mass is 9.92. The summed E-state index contributed by atoms with van der Waals surface area (Å²) in [5.41, 5.74) is 2.70. The van der Waals surface area contributed by atoms with Gasteiger partial charge in [-0.2, -0.15) is 0 Å². The number of aromatic nitrogens is 1. The molecule has 0 spiro atoms. The SMILES string of the molecule is Cc1ccc(-c2nc(C[S@](=O)CC(=O)NCCCN3C[C@H](C)C[C@H](C)C3)c(C)o2)cc1. The topological polar surface area (TPSA) is 75.4 Å². The first-order valence-electron chi connectivity index (χ1n) is 11.2. The molecule has 2 heterocycles. The first-order chi connectivity index (χ1) is 14.8. The molecule has 0 radical (unpaired) electrons. The van der Waals surface area contributed by atoms with Crippen molar-refractivity contribution in [2.45, 2.75) is 46.3 Å². The van der Waals surface area contributed by atoms with E-state index in [1.54, 1.807) is 0 Å². The maximum Gasteiger partial charge on any atom is 0.232 e. The van der Waals surface area contributed by atoms with Crippen LogP contribution in [0.3, 0.4) is 0 Å². The summed E-state index contributed by atoms with van der Waals surface area (Å²) in [6.45, 7) is 12.4. The molecule has 3 atom stereocenters.